The zero-order chi connectivity index (χ0) is 13.8. The van der Waals surface area contributed by atoms with Gasteiger partial charge in [0.15, 0.2) is 0 Å². The van der Waals surface area contributed by atoms with Crippen LogP contribution in [-0.4, -0.2) is 18.6 Å². The van der Waals surface area contributed by atoms with Gasteiger partial charge in [-0.25, -0.2) is 4.98 Å². The first kappa shape index (κ1) is 14.0. The van der Waals surface area contributed by atoms with Crippen molar-refractivity contribution in [2.75, 3.05) is 13.7 Å². The molecule has 1 heterocycles. The van der Waals surface area contributed by atoms with Gasteiger partial charge in [0.1, 0.15) is 10.8 Å². The second-order valence-corrected chi connectivity index (χ2v) is 5.40. The smallest absolute Gasteiger partial charge is 0.123 e. The summed E-state index contributed by atoms with van der Waals surface area (Å²) in [5, 5.41) is 6.57. The fourth-order valence-corrected chi connectivity index (χ4v) is 2.95. The molecule has 1 unspecified atom stereocenters. The van der Waals surface area contributed by atoms with E-state index >= 15 is 0 Å². The Labute approximate surface area is 118 Å². The van der Waals surface area contributed by atoms with E-state index in [4.69, 9.17) is 9.72 Å². The quantitative estimate of drug-likeness (QED) is 0.902. The van der Waals surface area contributed by atoms with Crippen molar-refractivity contribution in [1.82, 2.24) is 10.3 Å². The molecule has 1 aromatic heterocycles. The average Bonchev–Trinajstić information content (AvgIpc) is 2.88. The Morgan fingerprint density at radius 1 is 1.42 bits per heavy atom. The number of rotatable bonds is 5. The van der Waals surface area contributed by atoms with Gasteiger partial charge in [-0.05, 0) is 44.2 Å². The molecule has 0 radical (unpaired) electrons. The van der Waals surface area contributed by atoms with E-state index < -0.39 is 0 Å². The second kappa shape index (κ2) is 6.17. The number of benzene rings is 1. The Morgan fingerprint density at radius 3 is 2.84 bits per heavy atom. The molecular formula is C15H20N2OS. The Kier molecular flexibility index (Phi) is 4.56. The number of ether oxygens (including phenoxy) is 1. The van der Waals surface area contributed by atoms with Crippen molar-refractivity contribution in [3.05, 3.63) is 34.8 Å². The largest absolute Gasteiger partial charge is 0.496 e. The predicted octanol–water partition coefficient (Wildman–Crippen LogP) is 3.80. The summed E-state index contributed by atoms with van der Waals surface area (Å²) in [4.78, 5) is 4.71. The molecule has 1 N–H and O–H groups in total. The Hall–Kier alpha value is -1.39. The molecule has 2 rings (SSSR count). The number of nitrogens with zero attached hydrogens (tertiary/aromatic N) is 1. The summed E-state index contributed by atoms with van der Waals surface area (Å²) in [5.74, 6) is 0.918. The monoisotopic (exact) mass is 276 g/mol. The lowest BCUT2D eigenvalue weighted by molar-refractivity contribution is 0.412. The number of aryl methyl sites for hydroxylation is 1. The summed E-state index contributed by atoms with van der Waals surface area (Å²) >= 11 is 1.69. The number of methoxy groups -OCH3 is 1. The first-order chi connectivity index (χ1) is 9.15. The molecule has 1 aromatic carbocycles. The highest BCUT2D eigenvalue weighted by Crippen LogP contribution is 2.29. The van der Waals surface area contributed by atoms with E-state index in [1.165, 1.54) is 0 Å². The van der Waals surface area contributed by atoms with E-state index in [1.54, 1.807) is 18.4 Å². The minimum atomic E-state index is 0.300. The molecule has 0 saturated heterocycles. The molecule has 1 atom stereocenters. The third kappa shape index (κ3) is 3.14. The van der Waals surface area contributed by atoms with Crippen LogP contribution in [0.25, 0.3) is 10.6 Å². The van der Waals surface area contributed by atoms with Gasteiger partial charge < -0.3 is 10.1 Å². The van der Waals surface area contributed by atoms with Gasteiger partial charge in [-0.3, -0.25) is 0 Å². The molecule has 3 nitrogen and oxygen atoms in total. The average molecular weight is 276 g/mol. The molecule has 0 aliphatic heterocycles. The summed E-state index contributed by atoms with van der Waals surface area (Å²) in [7, 11) is 1.70. The minimum absolute atomic E-state index is 0.300. The third-order valence-electron chi connectivity index (χ3n) is 3.12. The van der Waals surface area contributed by atoms with Gasteiger partial charge >= 0.3 is 0 Å². The standard InChI is InChI=1S/C15H20N2OS/c1-5-16-11(3)13-9-19-15(17-13)12-6-7-14(18-4)10(2)8-12/h6-9,11,16H,5H2,1-4H3. The van der Waals surface area contributed by atoms with Crippen molar-refractivity contribution in [2.45, 2.75) is 26.8 Å². The second-order valence-electron chi connectivity index (χ2n) is 4.54. The van der Waals surface area contributed by atoms with Crippen molar-refractivity contribution in [2.24, 2.45) is 0 Å². The number of aromatic nitrogens is 1. The van der Waals surface area contributed by atoms with Crippen LogP contribution in [0.15, 0.2) is 23.6 Å². The summed E-state index contributed by atoms with van der Waals surface area (Å²) in [6.07, 6.45) is 0. The van der Waals surface area contributed by atoms with E-state index in [0.717, 1.165) is 34.1 Å². The van der Waals surface area contributed by atoms with Crippen molar-refractivity contribution < 1.29 is 4.74 Å². The summed E-state index contributed by atoms with van der Waals surface area (Å²) < 4.78 is 5.28. The summed E-state index contributed by atoms with van der Waals surface area (Å²) in [5.41, 5.74) is 3.39. The van der Waals surface area contributed by atoms with Crippen LogP contribution >= 0.6 is 11.3 Å². The van der Waals surface area contributed by atoms with E-state index in [-0.39, 0.29) is 0 Å². The highest BCUT2D eigenvalue weighted by molar-refractivity contribution is 7.13. The molecular weight excluding hydrogens is 256 g/mol. The van der Waals surface area contributed by atoms with Gasteiger partial charge in [0.2, 0.25) is 0 Å². The van der Waals surface area contributed by atoms with Crippen molar-refractivity contribution in [3.63, 3.8) is 0 Å². The molecule has 2 aromatic rings. The number of thiazole rings is 1. The Balaban J connectivity index is 2.25. The SMILES string of the molecule is CCNC(C)c1csc(-c2ccc(OC)c(C)c2)n1. The van der Waals surface area contributed by atoms with E-state index in [1.807, 2.05) is 6.07 Å². The minimum Gasteiger partial charge on any atom is -0.496 e. The fraction of sp³-hybridized carbons (Fsp3) is 0.400. The van der Waals surface area contributed by atoms with Gasteiger partial charge in [-0.1, -0.05) is 6.92 Å². The molecule has 19 heavy (non-hydrogen) atoms. The van der Waals surface area contributed by atoms with Gasteiger partial charge in [0.25, 0.3) is 0 Å². The van der Waals surface area contributed by atoms with Crippen LogP contribution in [0.5, 0.6) is 5.75 Å². The summed E-state index contributed by atoms with van der Waals surface area (Å²) in [6.45, 7) is 7.26. The lowest BCUT2D eigenvalue weighted by atomic mass is 10.1. The highest BCUT2D eigenvalue weighted by Gasteiger charge is 2.11. The molecule has 0 amide bonds. The molecule has 0 saturated carbocycles. The van der Waals surface area contributed by atoms with Gasteiger partial charge in [0, 0.05) is 17.0 Å². The first-order valence-corrected chi connectivity index (χ1v) is 7.37. The first-order valence-electron chi connectivity index (χ1n) is 6.49. The van der Waals surface area contributed by atoms with Crippen LogP contribution in [0.3, 0.4) is 0 Å². The maximum atomic E-state index is 5.28. The van der Waals surface area contributed by atoms with E-state index in [9.17, 15) is 0 Å². The fourth-order valence-electron chi connectivity index (χ4n) is 2.04. The number of hydrogen-bond acceptors (Lipinski definition) is 4. The third-order valence-corrected chi connectivity index (χ3v) is 4.03. The molecule has 4 heteroatoms. The lowest BCUT2D eigenvalue weighted by Crippen LogP contribution is -2.17. The van der Waals surface area contributed by atoms with E-state index in [0.29, 0.717) is 6.04 Å². The van der Waals surface area contributed by atoms with Crippen LogP contribution in [0.4, 0.5) is 0 Å². The molecule has 0 aliphatic rings. The highest BCUT2D eigenvalue weighted by atomic mass is 32.1. The van der Waals surface area contributed by atoms with Crippen molar-refractivity contribution >= 4 is 11.3 Å². The van der Waals surface area contributed by atoms with Crippen LogP contribution in [0.2, 0.25) is 0 Å². The van der Waals surface area contributed by atoms with Gasteiger partial charge in [0.05, 0.1) is 12.8 Å². The van der Waals surface area contributed by atoms with Crippen molar-refractivity contribution in [1.29, 1.82) is 0 Å². The lowest BCUT2D eigenvalue weighted by Gasteiger charge is -2.08. The zero-order valence-electron chi connectivity index (χ0n) is 11.9. The van der Waals surface area contributed by atoms with Crippen LogP contribution in [0.1, 0.15) is 31.1 Å². The molecule has 102 valence electrons. The molecule has 0 bridgehead atoms. The van der Waals surface area contributed by atoms with Crippen LogP contribution in [-0.2, 0) is 0 Å². The topological polar surface area (TPSA) is 34.1 Å². The van der Waals surface area contributed by atoms with Gasteiger partial charge in [-0.2, -0.15) is 0 Å². The molecule has 0 aliphatic carbocycles. The zero-order valence-corrected chi connectivity index (χ0v) is 12.7. The maximum absolute atomic E-state index is 5.28. The van der Waals surface area contributed by atoms with Crippen LogP contribution < -0.4 is 10.1 Å². The Morgan fingerprint density at radius 2 is 2.21 bits per heavy atom. The molecule has 0 spiro atoms. The molecule has 0 fully saturated rings. The van der Waals surface area contributed by atoms with E-state index in [2.05, 4.69) is 43.6 Å². The summed E-state index contributed by atoms with van der Waals surface area (Å²) in [6, 6.07) is 6.49. The number of hydrogen-bond donors (Lipinski definition) is 1. The number of nitrogens with one attached hydrogen (secondary N) is 1. The Bertz CT molecular complexity index is 551. The maximum Gasteiger partial charge on any atom is 0.123 e. The van der Waals surface area contributed by atoms with Gasteiger partial charge in [-0.15, -0.1) is 11.3 Å². The predicted molar refractivity (Wildman–Crippen MR) is 80.9 cm³/mol. The van der Waals surface area contributed by atoms with Crippen LogP contribution in [0, 0.1) is 6.92 Å². The van der Waals surface area contributed by atoms with Crippen molar-refractivity contribution in [3.8, 4) is 16.3 Å². The normalized spacial score (nSPS) is 12.4.